The summed E-state index contributed by atoms with van der Waals surface area (Å²) in [6.07, 6.45) is 22.1. The Morgan fingerprint density at radius 2 is 1.41 bits per heavy atom. The van der Waals surface area contributed by atoms with Crippen molar-refractivity contribution in [2.45, 2.75) is 150 Å². The predicted molar refractivity (Wildman–Crippen MR) is 177 cm³/mol. The van der Waals surface area contributed by atoms with Gasteiger partial charge in [-0.2, -0.15) is 0 Å². The standard InChI is InChI=1S/C32H54N2O7S3/c1-4-6-7-8-9-10-11-12-13-14-15-16-17-18-19-20-23-41-30(36)22-21-29(35)34-44(39,40)31-25-27-28(33-5-2)24-26(3)43(37,38)32(27)42-31/h21-22,25-26,28,33H,4-20,23-24H2,1-3H3,(H,34,35)/b22-21-/t26-,28-/m0/s1. The highest BCUT2D eigenvalue weighted by Gasteiger charge is 2.39. The summed E-state index contributed by atoms with van der Waals surface area (Å²) in [7, 11) is -7.99. The number of carbonyl (C=O) groups is 2. The quantitative estimate of drug-likeness (QED) is 0.0711. The lowest BCUT2D eigenvalue weighted by Gasteiger charge is -2.27. The zero-order valence-corrected chi connectivity index (χ0v) is 29.4. The number of esters is 1. The van der Waals surface area contributed by atoms with Crippen molar-refractivity contribution in [2.24, 2.45) is 0 Å². The summed E-state index contributed by atoms with van der Waals surface area (Å²) in [5.41, 5.74) is 0.399. The fraction of sp³-hybridized carbons (Fsp3) is 0.750. The molecular weight excluding hydrogens is 621 g/mol. The fourth-order valence-electron chi connectivity index (χ4n) is 5.40. The molecule has 0 aliphatic carbocycles. The van der Waals surface area contributed by atoms with Gasteiger partial charge in [0, 0.05) is 23.8 Å². The summed E-state index contributed by atoms with van der Waals surface area (Å²) < 4.78 is 58.0. The van der Waals surface area contributed by atoms with Crippen molar-refractivity contribution in [3.8, 4) is 0 Å². The van der Waals surface area contributed by atoms with Gasteiger partial charge in [-0.05, 0) is 32.4 Å². The van der Waals surface area contributed by atoms with E-state index < -0.39 is 37.0 Å². The van der Waals surface area contributed by atoms with Crippen LogP contribution in [0.15, 0.2) is 26.6 Å². The molecule has 0 unspecified atom stereocenters. The molecule has 252 valence electrons. The molecule has 0 fully saturated rings. The molecule has 1 aliphatic heterocycles. The zero-order valence-electron chi connectivity index (χ0n) is 26.9. The molecule has 0 radical (unpaired) electrons. The van der Waals surface area contributed by atoms with Crippen LogP contribution in [0, 0.1) is 0 Å². The number of nitrogens with one attached hydrogen (secondary N) is 2. The summed E-state index contributed by atoms with van der Waals surface area (Å²) in [5, 5.41) is 2.54. The van der Waals surface area contributed by atoms with Gasteiger partial charge in [0.15, 0.2) is 9.84 Å². The number of hydrogen-bond donors (Lipinski definition) is 2. The first-order chi connectivity index (χ1) is 21.0. The van der Waals surface area contributed by atoms with Crippen LogP contribution in [0.4, 0.5) is 0 Å². The lowest BCUT2D eigenvalue weighted by Crippen LogP contribution is -2.33. The number of sulfonamides is 1. The molecular formula is C32H54N2O7S3. The molecule has 0 saturated carbocycles. The van der Waals surface area contributed by atoms with Gasteiger partial charge in [0.1, 0.15) is 8.42 Å². The van der Waals surface area contributed by atoms with Crippen molar-refractivity contribution in [1.29, 1.82) is 0 Å². The van der Waals surface area contributed by atoms with Crippen molar-refractivity contribution in [1.82, 2.24) is 10.0 Å². The minimum atomic E-state index is -4.33. The number of sulfone groups is 1. The van der Waals surface area contributed by atoms with E-state index in [1.54, 1.807) is 6.92 Å². The van der Waals surface area contributed by atoms with E-state index in [1.807, 2.05) is 11.6 Å². The van der Waals surface area contributed by atoms with Gasteiger partial charge in [0.2, 0.25) is 0 Å². The molecule has 2 heterocycles. The molecule has 12 heteroatoms. The minimum absolute atomic E-state index is 0.00299. The molecule has 2 atom stereocenters. The van der Waals surface area contributed by atoms with E-state index in [0.29, 0.717) is 29.9 Å². The lowest BCUT2D eigenvalue weighted by atomic mass is 10.0. The van der Waals surface area contributed by atoms with E-state index in [9.17, 15) is 26.4 Å². The molecule has 0 spiro atoms. The van der Waals surface area contributed by atoms with Crippen LogP contribution in [-0.4, -0.2) is 47.1 Å². The predicted octanol–water partition coefficient (Wildman–Crippen LogP) is 7.13. The third kappa shape index (κ3) is 13.3. The highest BCUT2D eigenvalue weighted by Crippen LogP contribution is 2.42. The summed E-state index contributed by atoms with van der Waals surface area (Å²) >= 11 is 0.631. The van der Waals surface area contributed by atoms with E-state index in [-0.39, 0.29) is 21.1 Å². The Balaban J connectivity index is 1.60. The lowest BCUT2D eigenvalue weighted by molar-refractivity contribution is -0.138. The van der Waals surface area contributed by atoms with E-state index in [4.69, 9.17) is 4.74 Å². The molecule has 1 amide bonds. The van der Waals surface area contributed by atoms with Crippen LogP contribution < -0.4 is 10.0 Å². The number of rotatable bonds is 23. The Hall–Kier alpha value is -1.76. The number of hydrogen-bond acceptors (Lipinski definition) is 9. The van der Waals surface area contributed by atoms with Crippen LogP contribution in [0.25, 0.3) is 0 Å². The van der Waals surface area contributed by atoms with Crippen LogP contribution in [-0.2, 0) is 34.2 Å². The maximum atomic E-state index is 12.8. The van der Waals surface area contributed by atoms with Gasteiger partial charge in [-0.3, -0.25) is 4.79 Å². The van der Waals surface area contributed by atoms with Crippen LogP contribution in [0.2, 0.25) is 0 Å². The Kier molecular flexibility index (Phi) is 17.8. The second-order valence-corrected chi connectivity index (χ2v) is 17.3. The van der Waals surface area contributed by atoms with Gasteiger partial charge in [-0.15, -0.1) is 11.3 Å². The fourth-order valence-corrected chi connectivity index (χ4v) is 10.3. The number of unbranched alkanes of at least 4 members (excludes halogenated alkanes) is 15. The second kappa shape index (κ2) is 20.4. The number of thiophene rings is 1. The third-order valence-corrected chi connectivity index (χ3v) is 13.7. The first kappa shape index (κ1) is 38.4. The zero-order chi connectivity index (χ0) is 32.4. The monoisotopic (exact) mass is 674 g/mol. The number of fused-ring (bicyclic) bond motifs is 1. The second-order valence-electron chi connectivity index (χ2n) is 11.8. The van der Waals surface area contributed by atoms with E-state index in [1.165, 1.54) is 89.5 Å². The Bertz CT molecular complexity index is 1260. The SMILES string of the molecule is CCCCCCCCCCCCCCCCCCOC(=O)/C=C\C(=O)NS(=O)(=O)c1cc2c(s1)S(=O)(=O)[C@@H](C)C[C@@H]2NCC. The summed E-state index contributed by atoms with van der Waals surface area (Å²) in [4.78, 5) is 24.2. The maximum absolute atomic E-state index is 12.8. The first-order valence-electron chi connectivity index (χ1n) is 16.6. The van der Waals surface area contributed by atoms with Crippen LogP contribution in [0.5, 0.6) is 0 Å². The van der Waals surface area contributed by atoms with Gasteiger partial charge in [-0.25, -0.2) is 26.4 Å². The third-order valence-electron chi connectivity index (χ3n) is 8.00. The Morgan fingerprint density at radius 3 is 1.93 bits per heavy atom. The number of ether oxygens (including phenoxy) is 1. The molecule has 0 bridgehead atoms. The number of carbonyl (C=O) groups excluding carboxylic acids is 2. The molecule has 0 aromatic carbocycles. The summed E-state index contributed by atoms with van der Waals surface area (Å²) in [6.45, 7) is 6.56. The average Bonchev–Trinajstić information content (AvgIpc) is 3.45. The topological polar surface area (TPSA) is 136 Å². The van der Waals surface area contributed by atoms with Crippen molar-refractivity contribution in [3.05, 3.63) is 23.8 Å². The summed E-state index contributed by atoms with van der Waals surface area (Å²) in [6, 6.07) is 1.01. The van der Waals surface area contributed by atoms with Crippen molar-refractivity contribution < 1.29 is 31.2 Å². The van der Waals surface area contributed by atoms with E-state index >= 15 is 0 Å². The first-order valence-corrected chi connectivity index (χ1v) is 20.4. The average molecular weight is 675 g/mol. The van der Waals surface area contributed by atoms with Crippen LogP contribution in [0.3, 0.4) is 0 Å². The molecule has 2 N–H and O–H groups in total. The molecule has 1 aromatic rings. The smallest absolute Gasteiger partial charge is 0.330 e. The Morgan fingerprint density at radius 1 is 0.886 bits per heavy atom. The highest BCUT2D eigenvalue weighted by molar-refractivity contribution is 7.95. The van der Waals surface area contributed by atoms with Crippen molar-refractivity contribution in [2.75, 3.05) is 13.2 Å². The van der Waals surface area contributed by atoms with Crippen molar-refractivity contribution >= 4 is 43.1 Å². The maximum Gasteiger partial charge on any atom is 0.330 e. The van der Waals surface area contributed by atoms with Gasteiger partial charge in [-0.1, -0.05) is 110 Å². The van der Waals surface area contributed by atoms with Gasteiger partial charge >= 0.3 is 5.97 Å². The van der Waals surface area contributed by atoms with E-state index in [2.05, 4.69) is 12.2 Å². The largest absolute Gasteiger partial charge is 0.463 e. The van der Waals surface area contributed by atoms with E-state index in [0.717, 1.165) is 31.4 Å². The normalized spacial score (nSPS) is 17.9. The van der Waals surface area contributed by atoms with Gasteiger partial charge < -0.3 is 10.1 Å². The highest BCUT2D eigenvalue weighted by atomic mass is 32.3. The van der Waals surface area contributed by atoms with Gasteiger partial charge in [0.05, 0.1) is 11.9 Å². The minimum Gasteiger partial charge on any atom is -0.463 e. The molecule has 1 aliphatic rings. The van der Waals surface area contributed by atoms with Gasteiger partial charge in [0.25, 0.3) is 15.9 Å². The van der Waals surface area contributed by atoms with Crippen molar-refractivity contribution in [3.63, 3.8) is 0 Å². The molecule has 9 nitrogen and oxygen atoms in total. The van der Waals surface area contributed by atoms with Crippen LogP contribution >= 0.6 is 11.3 Å². The van der Waals surface area contributed by atoms with Crippen LogP contribution in [0.1, 0.15) is 142 Å². The summed E-state index contributed by atoms with van der Waals surface area (Å²) in [5.74, 6) is -1.74. The Labute approximate surface area is 270 Å². The number of amides is 1. The molecule has 44 heavy (non-hydrogen) atoms. The molecule has 0 saturated heterocycles. The molecule has 2 rings (SSSR count). The molecule has 1 aromatic heterocycles.